The highest BCUT2D eigenvalue weighted by molar-refractivity contribution is 5.75. The lowest BCUT2D eigenvalue weighted by atomic mass is 9.88. The minimum atomic E-state index is -3.41. The van der Waals surface area contributed by atoms with Gasteiger partial charge in [0.15, 0.2) is 44.0 Å². The minimum Gasteiger partial charge on any atom is -0.544 e. The first kappa shape index (κ1) is 91.3. The molecule has 110 heavy (non-hydrogen) atoms. The molecule has 0 spiro atoms. The molecule has 42 atom stereocenters. The summed E-state index contributed by atoms with van der Waals surface area (Å²) in [5, 5.41) is 277. The van der Waals surface area contributed by atoms with E-state index in [1.165, 1.54) is 6.92 Å². The van der Waals surface area contributed by atoms with Crippen molar-refractivity contribution in [3.8, 4) is 0 Å². The molecule has 8 heterocycles. The minimum absolute atomic E-state index is 0.243. The lowest BCUT2D eigenvalue weighted by Gasteiger charge is -2.53. The number of amides is 4. The van der Waals surface area contributed by atoms with Crippen molar-refractivity contribution < 1.29 is 222 Å². The number of nitrogens with one attached hydrogen (secondary N) is 4. The molecule has 0 saturated carbocycles. The van der Waals surface area contributed by atoms with Gasteiger partial charge in [-0.15, -0.1) is 0 Å². The zero-order valence-electron chi connectivity index (χ0n) is 59.1. The summed E-state index contributed by atoms with van der Waals surface area (Å²) in [6, 6.07) is -6.90. The molecule has 4 amide bonds. The van der Waals surface area contributed by atoms with Crippen molar-refractivity contribution in [2.75, 3.05) is 59.5 Å². The normalized spacial score (nSPS) is 46.2. The second-order valence-corrected chi connectivity index (χ2v) is 27.4. The van der Waals surface area contributed by atoms with E-state index in [0.717, 1.165) is 20.8 Å². The third kappa shape index (κ3) is 20.2. The molecule has 27 N–H and O–H groups in total. The third-order valence-electron chi connectivity index (χ3n) is 19.7. The van der Waals surface area contributed by atoms with E-state index < -0.39 is 347 Å². The summed E-state index contributed by atoms with van der Waals surface area (Å²) in [6.45, 7) is -5.45. The predicted octanol–water partition coefficient (Wildman–Crippen LogP) is -20.0. The quantitative estimate of drug-likeness (QED) is 0.0271. The number of carboxylic acid groups (broad SMARTS) is 1. The van der Waals surface area contributed by atoms with Gasteiger partial charge in [-0.25, -0.2) is 0 Å². The molecule has 49 heteroatoms. The number of carboxylic acids is 1. The van der Waals surface area contributed by atoms with Crippen LogP contribution in [0, 0.1) is 0 Å². The Bertz CT molecular complexity index is 2910. The SMILES string of the molecule is CC(=O)N[C@H]1[C@H](O[C@H]2[C@@H](O)[C@@H](CO)O[C@@H](O[C@H]3[C@H](O)[C@@H](O)[C@H](OC[C@@H](CO)NC=O)O[C@@H]3CO)[C@@H]2O)O[C@H](CO)[C@@H](O[C@@H]2O[C@H](CO)[C@H](O)[C@H](O[C@@H]3O[C@H](CO)[C@@H](O)[C@H](O[C@@H]4O[C@H](CO)[C@H](O)[C@H](O[C@]5(C(=O)[O-])C[C@H](O)[C@@H](NC(C)=O)[C@H]([C@H](O)[C@H](O)CO)O5)[C@H]4O)[C@H]3NC(C)=O)[C@H]2O)[C@@H]1O[C@@H]1O[C@@H](C)[C@@H](O)[C@@H](O)[C@@H]1O. The van der Waals surface area contributed by atoms with Crippen LogP contribution in [0.15, 0.2) is 0 Å². The fourth-order valence-electron chi connectivity index (χ4n) is 13.9. The van der Waals surface area contributed by atoms with Crippen molar-refractivity contribution >= 4 is 30.1 Å². The molecule has 8 aliphatic rings. The largest absolute Gasteiger partial charge is 0.544 e. The maximum atomic E-state index is 13.4. The second-order valence-electron chi connectivity index (χ2n) is 27.4. The van der Waals surface area contributed by atoms with Crippen LogP contribution in [0.3, 0.4) is 0 Å². The van der Waals surface area contributed by atoms with Crippen LogP contribution < -0.4 is 26.4 Å². The summed E-state index contributed by atoms with van der Waals surface area (Å²) in [5.41, 5.74) is 0. The lowest BCUT2D eigenvalue weighted by Crippen LogP contribution is -2.73. The van der Waals surface area contributed by atoms with Crippen LogP contribution in [-0.4, -0.2) is 464 Å². The van der Waals surface area contributed by atoms with E-state index in [2.05, 4.69) is 21.3 Å². The van der Waals surface area contributed by atoms with E-state index in [9.17, 15) is 147 Å². The van der Waals surface area contributed by atoms with Crippen LogP contribution >= 0.6 is 0 Å². The Morgan fingerprint density at radius 1 is 0.436 bits per heavy atom. The van der Waals surface area contributed by atoms with Gasteiger partial charge >= 0.3 is 0 Å². The zero-order chi connectivity index (χ0) is 81.4. The second kappa shape index (κ2) is 40.1. The van der Waals surface area contributed by atoms with Crippen LogP contribution in [0.4, 0.5) is 0 Å². The molecule has 0 aromatic rings. The standard InChI is InChI=1S/C61H102N4O45/c1-16-32(80)38(86)40(88)56(96-16)106-49-31(65-19(4)77)54(108-50-35(83)24(9-69)98-57(42(50)90)103-45-27(12-72)102-55(41(89)39(45)87)95-14-20(6-66)62-15-74)101-28(13-73)46(49)104-58-43(91)51(36(84)25(10-70)99-58)107-53-30(64-18(3)76)47(34(82)23(8-68)97-53)105-59-44(92)52(37(85)26(11-71)100-59)110-61(60(93)94)5-21(78)29(63-17(2)75)48(109-61)33(81)22(79)7-67/h15-16,20-59,66-73,78-92H,5-14H2,1-4H3,(H,62,74)(H,63,75)(H,64,76)(H,65,77)(H,93,94)/p-1/t16-,20+,21-,22+,23+,24+,25+,26+,27+,28+,29+,30+,31+,32+,33+,34+,35-,36-,37-,38+,39+,40-,41+,42+,43+,44+,45+,46+,47+,48+,49+,50-,51-,52-,53-,54-,55+,56-,57-,58-,59-,61-/m0/s1. The van der Waals surface area contributed by atoms with Crippen LogP contribution in [0.5, 0.6) is 0 Å². The molecule has 0 unspecified atom stereocenters. The van der Waals surface area contributed by atoms with E-state index in [1.807, 2.05) is 0 Å². The number of hydrogen-bond donors (Lipinski definition) is 27. The molecule has 636 valence electrons. The molecule has 0 aromatic carbocycles. The fraction of sp³-hybridized carbons (Fsp3) is 0.918. The van der Waals surface area contributed by atoms with Crippen LogP contribution in [0.1, 0.15) is 34.1 Å². The van der Waals surface area contributed by atoms with Gasteiger partial charge in [-0.05, 0) is 6.92 Å². The molecule has 8 saturated heterocycles. The van der Waals surface area contributed by atoms with Gasteiger partial charge in [-0.3, -0.25) is 19.2 Å². The number of carbonyl (C=O) groups excluding carboxylic acids is 5. The molecule has 0 bridgehead atoms. The van der Waals surface area contributed by atoms with E-state index in [0.29, 0.717) is 0 Å². The molecular formula is C61H101N4O45-. The van der Waals surface area contributed by atoms with Crippen molar-refractivity contribution in [1.82, 2.24) is 21.3 Å². The van der Waals surface area contributed by atoms with Crippen LogP contribution in [0.2, 0.25) is 0 Å². The molecule has 8 aliphatic heterocycles. The fourth-order valence-corrected chi connectivity index (χ4v) is 13.9. The number of ether oxygens (including phenoxy) is 16. The Balaban J connectivity index is 1.09. The molecule has 8 fully saturated rings. The smallest absolute Gasteiger partial charge is 0.217 e. The number of aliphatic hydroxyl groups is 23. The van der Waals surface area contributed by atoms with Gasteiger partial charge in [0.2, 0.25) is 29.9 Å². The highest BCUT2D eigenvalue weighted by Crippen LogP contribution is 2.42. The average Bonchev–Trinajstić information content (AvgIpc) is 0.758. The van der Waals surface area contributed by atoms with Gasteiger partial charge in [0, 0.05) is 27.2 Å². The number of aliphatic carboxylic acids is 1. The van der Waals surface area contributed by atoms with E-state index >= 15 is 0 Å². The first-order chi connectivity index (χ1) is 52.0. The molecule has 0 aliphatic carbocycles. The van der Waals surface area contributed by atoms with Gasteiger partial charge in [0.05, 0.1) is 83.8 Å². The van der Waals surface area contributed by atoms with E-state index in [4.69, 9.17) is 75.8 Å². The van der Waals surface area contributed by atoms with E-state index in [-0.39, 0.29) is 6.41 Å². The van der Waals surface area contributed by atoms with Gasteiger partial charge < -0.3 is 224 Å². The van der Waals surface area contributed by atoms with Gasteiger partial charge in [-0.2, -0.15) is 0 Å². The first-order valence-corrected chi connectivity index (χ1v) is 34.8. The highest BCUT2D eigenvalue weighted by atomic mass is 16.8. The van der Waals surface area contributed by atoms with Crippen molar-refractivity contribution in [2.45, 2.75) is 291 Å². The van der Waals surface area contributed by atoms with E-state index in [1.54, 1.807) is 0 Å². The number of hydrogen-bond acceptors (Lipinski definition) is 45. The molecule has 0 radical (unpaired) electrons. The summed E-state index contributed by atoms with van der Waals surface area (Å²) in [6.07, 6.45) is -80.1. The van der Waals surface area contributed by atoms with Crippen molar-refractivity contribution in [3.05, 3.63) is 0 Å². The summed E-state index contributed by atoms with van der Waals surface area (Å²) < 4.78 is 94.3. The van der Waals surface area contributed by atoms with Gasteiger partial charge in [0.25, 0.3) is 0 Å². The molecule has 0 aromatic heterocycles. The molecule has 49 nitrogen and oxygen atoms in total. The maximum Gasteiger partial charge on any atom is 0.217 e. The number of aliphatic hydroxyl groups excluding tert-OH is 23. The molecule has 8 rings (SSSR count). The Morgan fingerprint density at radius 3 is 1.28 bits per heavy atom. The highest BCUT2D eigenvalue weighted by Gasteiger charge is 2.62. The number of rotatable bonds is 33. The Hall–Kier alpha value is -4.21. The maximum absolute atomic E-state index is 13.4. The Morgan fingerprint density at radius 2 is 0.818 bits per heavy atom. The zero-order valence-corrected chi connectivity index (χ0v) is 59.1. The summed E-state index contributed by atoms with van der Waals surface area (Å²) in [5.74, 6) is -8.74. The van der Waals surface area contributed by atoms with Gasteiger partial charge in [-0.1, -0.05) is 0 Å². The summed E-state index contributed by atoms with van der Waals surface area (Å²) >= 11 is 0. The van der Waals surface area contributed by atoms with Crippen LogP contribution in [-0.2, 0) is 99.8 Å². The average molecular weight is 1610 g/mol. The summed E-state index contributed by atoms with van der Waals surface area (Å²) in [7, 11) is 0. The first-order valence-electron chi connectivity index (χ1n) is 34.8. The topological polar surface area (TPSA) is 770 Å². The van der Waals surface area contributed by atoms with Crippen molar-refractivity contribution in [2.24, 2.45) is 0 Å². The predicted molar refractivity (Wildman–Crippen MR) is 336 cm³/mol. The number of carbonyl (C=O) groups is 5. The van der Waals surface area contributed by atoms with Crippen molar-refractivity contribution in [3.63, 3.8) is 0 Å². The Labute approximate surface area is 622 Å². The molecular weight excluding hydrogens is 1510 g/mol. The monoisotopic (exact) mass is 1610 g/mol. The van der Waals surface area contributed by atoms with Crippen LogP contribution in [0.25, 0.3) is 0 Å². The lowest BCUT2D eigenvalue weighted by molar-refractivity contribution is -0.411. The van der Waals surface area contributed by atoms with Crippen molar-refractivity contribution in [1.29, 1.82) is 0 Å². The van der Waals surface area contributed by atoms with Gasteiger partial charge in [0.1, 0.15) is 189 Å². The Kier molecular flexibility index (Phi) is 33.3. The third-order valence-corrected chi connectivity index (χ3v) is 19.7. The summed E-state index contributed by atoms with van der Waals surface area (Å²) in [4.78, 5) is 63.0.